The van der Waals surface area contributed by atoms with E-state index in [1.54, 1.807) is 0 Å². The lowest BCUT2D eigenvalue weighted by atomic mass is 10.0. The Morgan fingerprint density at radius 1 is 0.619 bits per heavy atom. The molecule has 0 fully saturated rings. The van der Waals surface area contributed by atoms with E-state index in [9.17, 15) is 5.11 Å². The second-order valence-corrected chi connectivity index (χ2v) is 7.60. The number of hydrogen-bond donors (Lipinski definition) is 0. The fourth-order valence-corrected chi connectivity index (χ4v) is 2.72. The number of rotatable bonds is 15. The summed E-state index contributed by atoms with van der Waals surface area (Å²) in [5, 5.41) is 11.8. The van der Waals surface area contributed by atoms with E-state index in [0.717, 1.165) is 12.8 Å². The topological polar surface area (TPSA) is 23.1 Å². The Labute approximate surface area is 134 Å². The summed E-state index contributed by atoms with van der Waals surface area (Å²) in [7, 11) is 6.00. The number of unbranched alkanes of at least 4 members (excludes halogenated alkanes) is 12. The van der Waals surface area contributed by atoms with Crippen LogP contribution in [0.15, 0.2) is 0 Å². The SMILES string of the molecule is CCCCCCCCCCCCCCCC([O-])[N+](C)(C)C. The van der Waals surface area contributed by atoms with Crippen LogP contribution in [0.2, 0.25) is 0 Å². The predicted molar refractivity (Wildman–Crippen MR) is 92.1 cm³/mol. The molecule has 21 heavy (non-hydrogen) atoms. The molecule has 2 heteroatoms. The van der Waals surface area contributed by atoms with Crippen molar-refractivity contribution >= 4 is 0 Å². The smallest absolute Gasteiger partial charge is 0.0669 e. The summed E-state index contributed by atoms with van der Waals surface area (Å²) in [6, 6.07) is 0. The van der Waals surface area contributed by atoms with Crippen molar-refractivity contribution in [2.45, 2.75) is 103 Å². The highest BCUT2D eigenvalue weighted by atomic mass is 16.3. The van der Waals surface area contributed by atoms with Crippen LogP contribution in [0, 0.1) is 0 Å². The predicted octanol–water partition coefficient (Wildman–Crippen LogP) is 4.86. The summed E-state index contributed by atoms with van der Waals surface area (Å²) in [5.74, 6) is 0. The molecule has 0 heterocycles. The Balaban J connectivity index is 3.13. The van der Waals surface area contributed by atoms with Crippen molar-refractivity contribution in [3.8, 4) is 0 Å². The first-order valence-electron chi connectivity index (χ1n) is 9.45. The van der Waals surface area contributed by atoms with Crippen molar-refractivity contribution in [2.24, 2.45) is 0 Å². The minimum atomic E-state index is -0.447. The van der Waals surface area contributed by atoms with Gasteiger partial charge in [0.1, 0.15) is 0 Å². The van der Waals surface area contributed by atoms with E-state index in [4.69, 9.17) is 0 Å². The minimum Gasteiger partial charge on any atom is -0.806 e. The summed E-state index contributed by atoms with van der Waals surface area (Å²) < 4.78 is 0.554. The fraction of sp³-hybridized carbons (Fsp3) is 1.00. The van der Waals surface area contributed by atoms with Crippen LogP contribution in [-0.4, -0.2) is 31.9 Å². The summed E-state index contributed by atoms with van der Waals surface area (Å²) >= 11 is 0. The molecule has 0 N–H and O–H groups in total. The van der Waals surface area contributed by atoms with Gasteiger partial charge < -0.3 is 9.59 Å². The molecule has 0 spiro atoms. The first-order chi connectivity index (χ1) is 9.98. The molecule has 0 amide bonds. The molecule has 0 saturated heterocycles. The van der Waals surface area contributed by atoms with Gasteiger partial charge in [-0.15, -0.1) is 0 Å². The normalized spacial score (nSPS) is 13.6. The lowest BCUT2D eigenvalue weighted by Crippen LogP contribution is -2.52. The van der Waals surface area contributed by atoms with Crippen LogP contribution in [0.3, 0.4) is 0 Å². The van der Waals surface area contributed by atoms with Crippen LogP contribution in [0.1, 0.15) is 96.8 Å². The highest BCUT2D eigenvalue weighted by molar-refractivity contribution is 4.50. The van der Waals surface area contributed by atoms with E-state index in [2.05, 4.69) is 6.92 Å². The Kier molecular flexibility index (Phi) is 13.5. The number of nitrogens with zero attached hydrogens (tertiary/aromatic N) is 1. The molecule has 0 aliphatic rings. The van der Waals surface area contributed by atoms with Gasteiger partial charge >= 0.3 is 0 Å². The maximum Gasteiger partial charge on any atom is 0.0669 e. The van der Waals surface area contributed by atoms with E-state index < -0.39 is 6.23 Å². The van der Waals surface area contributed by atoms with Gasteiger partial charge in [-0.2, -0.15) is 0 Å². The molecular formula is C19H41NO. The molecule has 0 aromatic heterocycles. The Morgan fingerprint density at radius 2 is 0.952 bits per heavy atom. The van der Waals surface area contributed by atoms with E-state index in [-0.39, 0.29) is 0 Å². The van der Waals surface area contributed by atoms with E-state index >= 15 is 0 Å². The molecule has 2 nitrogen and oxygen atoms in total. The maximum atomic E-state index is 11.8. The van der Waals surface area contributed by atoms with Gasteiger partial charge in [0.2, 0.25) is 0 Å². The average molecular weight is 300 g/mol. The second kappa shape index (κ2) is 13.6. The molecule has 1 atom stereocenters. The van der Waals surface area contributed by atoms with Gasteiger partial charge in [0.05, 0.1) is 21.1 Å². The number of hydrogen-bond acceptors (Lipinski definition) is 1. The van der Waals surface area contributed by atoms with Gasteiger partial charge in [0.15, 0.2) is 0 Å². The van der Waals surface area contributed by atoms with Crippen LogP contribution in [0.5, 0.6) is 0 Å². The van der Waals surface area contributed by atoms with E-state index in [0.29, 0.717) is 4.48 Å². The lowest BCUT2D eigenvalue weighted by molar-refractivity contribution is -0.969. The fourth-order valence-electron chi connectivity index (χ4n) is 2.72. The van der Waals surface area contributed by atoms with Crippen molar-refractivity contribution in [3.63, 3.8) is 0 Å². The number of quaternary nitrogens is 1. The Morgan fingerprint density at radius 3 is 1.29 bits per heavy atom. The monoisotopic (exact) mass is 299 g/mol. The van der Waals surface area contributed by atoms with Crippen molar-refractivity contribution in [1.29, 1.82) is 0 Å². The molecule has 0 aliphatic heterocycles. The summed E-state index contributed by atoms with van der Waals surface area (Å²) in [4.78, 5) is 0. The average Bonchev–Trinajstić information content (AvgIpc) is 2.42. The van der Waals surface area contributed by atoms with Crippen LogP contribution in [0.25, 0.3) is 0 Å². The third kappa shape index (κ3) is 14.6. The molecule has 1 unspecified atom stereocenters. The standard InChI is InChI=1S/C19H41NO/c1-5-6-7-8-9-10-11-12-13-14-15-16-17-18-19(21)20(2,3)4/h19H,5-18H2,1-4H3. The van der Waals surface area contributed by atoms with Crippen LogP contribution in [-0.2, 0) is 0 Å². The molecule has 0 aliphatic carbocycles. The maximum absolute atomic E-state index is 11.8. The molecule has 0 rings (SSSR count). The van der Waals surface area contributed by atoms with Crippen molar-refractivity contribution in [3.05, 3.63) is 0 Å². The first-order valence-corrected chi connectivity index (χ1v) is 9.45. The molecule has 0 radical (unpaired) electrons. The molecule has 0 aromatic rings. The van der Waals surface area contributed by atoms with Gasteiger partial charge in [0, 0.05) is 6.23 Å². The third-order valence-electron chi connectivity index (χ3n) is 4.42. The molecule has 0 bridgehead atoms. The van der Waals surface area contributed by atoms with Gasteiger partial charge in [-0.3, -0.25) is 0 Å². The lowest BCUT2D eigenvalue weighted by Gasteiger charge is -2.38. The van der Waals surface area contributed by atoms with Crippen LogP contribution in [0.4, 0.5) is 0 Å². The largest absolute Gasteiger partial charge is 0.806 e. The summed E-state index contributed by atoms with van der Waals surface area (Å²) in [6.07, 6.45) is 18.2. The first kappa shape index (κ1) is 20.9. The van der Waals surface area contributed by atoms with Crippen LogP contribution >= 0.6 is 0 Å². The summed E-state index contributed by atoms with van der Waals surface area (Å²) in [6.45, 7) is 2.28. The van der Waals surface area contributed by atoms with Crippen molar-refractivity contribution < 1.29 is 9.59 Å². The Bertz CT molecular complexity index is 210. The molecule has 0 saturated carbocycles. The molecule has 128 valence electrons. The Hall–Kier alpha value is -0.0800. The molecular weight excluding hydrogens is 258 g/mol. The highest BCUT2D eigenvalue weighted by Crippen LogP contribution is 2.14. The second-order valence-electron chi connectivity index (χ2n) is 7.60. The molecule has 0 aromatic carbocycles. The van der Waals surface area contributed by atoms with Gasteiger partial charge in [-0.25, -0.2) is 0 Å². The van der Waals surface area contributed by atoms with Crippen molar-refractivity contribution in [1.82, 2.24) is 0 Å². The van der Waals surface area contributed by atoms with Gasteiger partial charge in [0.25, 0.3) is 0 Å². The zero-order chi connectivity index (χ0) is 16.0. The third-order valence-corrected chi connectivity index (χ3v) is 4.42. The quantitative estimate of drug-likeness (QED) is 0.240. The van der Waals surface area contributed by atoms with E-state index in [1.807, 2.05) is 21.1 Å². The van der Waals surface area contributed by atoms with Crippen molar-refractivity contribution in [2.75, 3.05) is 21.1 Å². The summed E-state index contributed by atoms with van der Waals surface area (Å²) in [5.41, 5.74) is 0. The zero-order valence-electron chi connectivity index (χ0n) is 15.3. The van der Waals surface area contributed by atoms with Gasteiger partial charge in [-0.05, 0) is 12.8 Å². The zero-order valence-corrected chi connectivity index (χ0v) is 15.3. The van der Waals surface area contributed by atoms with Gasteiger partial charge in [-0.1, -0.05) is 84.0 Å². The van der Waals surface area contributed by atoms with E-state index in [1.165, 1.54) is 77.0 Å². The minimum absolute atomic E-state index is 0.447. The highest BCUT2D eigenvalue weighted by Gasteiger charge is 2.11. The van der Waals surface area contributed by atoms with Crippen LogP contribution < -0.4 is 5.11 Å².